The second kappa shape index (κ2) is 8.03. The van der Waals surface area contributed by atoms with Gasteiger partial charge in [-0.1, -0.05) is 26.0 Å². The van der Waals surface area contributed by atoms with Gasteiger partial charge in [0, 0.05) is 0 Å². The van der Waals surface area contributed by atoms with Crippen LogP contribution < -0.4 is 10.1 Å². The molecule has 0 aromatic heterocycles. The molecule has 0 spiro atoms. The number of para-hydroxylation sites is 2. The largest absolute Gasteiger partial charge is 0.492 e. The van der Waals surface area contributed by atoms with Crippen molar-refractivity contribution < 1.29 is 9.53 Å². The molecule has 4 heteroatoms. The van der Waals surface area contributed by atoms with Gasteiger partial charge in [0.25, 0.3) is 0 Å². The normalized spacial score (nSPS) is 10.4. The summed E-state index contributed by atoms with van der Waals surface area (Å²) in [4.78, 5) is 11.8. The Kier molecular flexibility index (Phi) is 6.65. The molecule has 0 heterocycles. The molecule has 0 aliphatic rings. The third-order valence-corrected chi connectivity index (χ3v) is 3.51. The van der Waals surface area contributed by atoms with Gasteiger partial charge in [0.15, 0.2) is 0 Å². The Labute approximate surface area is 113 Å². The van der Waals surface area contributed by atoms with Crippen LogP contribution in [0.3, 0.4) is 0 Å². The number of carbonyl (C=O) groups excluding carboxylic acids is 1. The van der Waals surface area contributed by atoms with Crippen LogP contribution in [0.15, 0.2) is 24.3 Å². The van der Waals surface area contributed by atoms with Crippen LogP contribution in [0.2, 0.25) is 0 Å². The van der Waals surface area contributed by atoms with Crippen LogP contribution in [0.5, 0.6) is 5.75 Å². The Hall–Kier alpha value is -1.16. The van der Waals surface area contributed by atoms with Crippen LogP contribution in [0.4, 0.5) is 5.69 Å². The summed E-state index contributed by atoms with van der Waals surface area (Å²) in [5.41, 5.74) is 0.745. The van der Waals surface area contributed by atoms with Gasteiger partial charge in [-0.25, -0.2) is 0 Å². The zero-order valence-electron chi connectivity index (χ0n) is 11.2. The monoisotopic (exact) mass is 267 g/mol. The first-order valence-electron chi connectivity index (χ1n) is 6.23. The maximum absolute atomic E-state index is 11.8. The Morgan fingerprint density at radius 1 is 1.39 bits per heavy atom. The molecule has 0 aliphatic heterocycles. The smallest absolute Gasteiger partial charge is 0.234 e. The number of nitrogens with one attached hydrogen (secondary N) is 1. The van der Waals surface area contributed by atoms with E-state index in [0.717, 1.165) is 17.2 Å². The first-order chi connectivity index (χ1) is 8.63. The van der Waals surface area contributed by atoms with Gasteiger partial charge in [0.2, 0.25) is 5.91 Å². The number of rotatable bonds is 7. The van der Waals surface area contributed by atoms with Crippen LogP contribution in [0, 0.1) is 5.92 Å². The summed E-state index contributed by atoms with van der Waals surface area (Å²) in [7, 11) is 0. The van der Waals surface area contributed by atoms with Crippen molar-refractivity contribution in [3.8, 4) is 5.75 Å². The molecule has 0 unspecified atom stereocenters. The maximum atomic E-state index is 11.8. The molecule has 1 N–H and O–H groups in total. The molecule has 0 saturated carbocycles. The fraction of sp³-hybridized carbons (Fsp3) is 0.500. The highest BCUT2D eigenvalue weighted by atomic mass is 32.2. The van der Waals surface area contributed by atoms with E-state index in [-0.39, 0.29) is 5.91 Å². The van der Waals surface area contributed by atoms with Gasteiger partial charge in [-0.05, 0) is 30.7 Å². The number of hydrogen-bond acceptors (Lipinski definition) is 3. The molecule has 0 atom stereocenters. The van der Waals surface area contributed by atoms with Crippen molar-refractivity contribution in [2.75, 3.05) is 23.4 Å². The molecule has 1 rings (SSSR count). The van der Waals surface area contributed by atoms with Crippen LogP contribution >= 0.6 is 11.8 Å². The minimum Gasteiger partial charge on any atom is -0.492 e. The zero-order chi connectivity index (χ0) is 13.4. The summed E-state index contributed by atoms with van der Waals surface area (Å²) in [5.74, 6) is 2.84. The van der Waals surface area contributed by atoms with Crippen molar-refractivity contribution in [3.63, 3.8) is 0 Å². The molecule has 1 amide bonds. The van der Waals surface area contributed by atoms with E-state index in [2.05, 4.69) is 19.2 Å². The first kappa shape index (κ1) is 14.9. The lowest BCUT2D eigenvalue weighted by molar-refractivity contribution is -0.113. The van der Waals surface area contributed by atoms with E-state index < -0.39 is 0 Å². The topological polar surface area (TPSA) is 38.3 Å². The number of thioether (sulfide) groups is 1. The van der Waals surface area contributed by atoms with E-state index in [1.807, 2.05) is 31.2 Å². The molecular weight excluding hydrogens is 246 g/mol. The van der Waals surface area contributed by atoms with E-state index >= 15 is 0 Å². The van der Waals surface area contributed by atoms with Crippen molar-refractivity contribution >= 4 is 23.4 Å². The highest BCUT2D eigenvalue weighted by molar-refractivity contribution is 7.99. The lowest BCUT2D eigenvalue weighted by Crippen LogP contribution is -2.15. The van der Waals surface area contributed by atoms with Crippen LogP contribution in [-0.2, 0) is 4.79 Å². The second-order valence-corrected chi connectivity index (χ2v) is 5.42. The Morgan fingerprint density at radius 2 is 2.11 bits per heavy atom. The number of amides is 1. The Morgan fingerprint density at radius 3 is 2.78 bits per heavy atom. The maximum Gasteiger partial charge on any atom is 0.234 e. The number of hydrogen-bond donors (Lipinski definition) is 1. The highest BCUT2D eigenvalue weighted by Gasteiger charge is 2.07. The van der Waals surface area contributed by atoms with Gasteiger partial charge in [-0.15, -0.1) is 0 Å². The first-order valence-corrected chi connectivity index (χ1v) is 7.38. The third-order valence-electron chi connectivity index (χ3n) is 2.15. The van der Waals surface area contributed by atoms with Gasteiger partial charge in [-0.2, -0.15) is 11.8 Å². The predicted octanol–water partition coefficient (Wildman–Crippen LogP) is 3.41. The molecule has 18 heavy (non-hydrogen) atoms. The summed E-state index contributed by atoms with van der Waals surface area (Å²) in [6, 6.07) is 7.50. The Balaban J connectivity index is 2.48. The number of ether oxygens (including phenoxy) is 1. The Bertz CT molecular complexity index is 380. The molecule has 1 aromatic carbocycles. The predicted molar refractivity (Wildman–Crippen MR) is 78.4 cm³/mol. The molecule has 0 bridgehead atoms. The minimum atomic E-state index is 0.0211. The quantitative estimate of drug-likeness (QED) is 0.822. The van der Waals surface area contributed by atoms with Crippen molar-refractivity contribution in [3.05, 3.63) is 24.3 Å². The lowest BCUT2D eigenvalue weighted by atomic mass is 10.3. The zero-order valence-corrected chi connectivity index (χ0v) is 12.0. The fourth-order valence-electron chi connectivity index (χ4n) is 1.42. The summed E-state index contributed by atoms with van der Waals surface area (Å²) in [6.45, 7) is 6.82. The van der Waals surface area contributed by atoms with Crippen LogP contribution in [-0.4, -0.2) is 24.0 Å². The molecule has 0 aliphatic carbocycles. The summed E-state index contributed by atoms with van der Waals surface area (Å²) in [6.07, 6.45) is 0. The third kappa shape index (κ3) is 5.45. The molecule has 1 aromatic rings. The fourth-order valence-corrected chi connectivity index (χ4v) is 2.27. The minimum absolute atomic E-state index is 0.0211. The molecule has 0 fully saturated rings. The van der Waals surface area contributed by atoms with E-state index in [1.54, 1.807) is 11.8 Å². The van der Waals surface area contributed by atoms with Gasteiger partial charge in [0.1, 0.15) is 5.75 Å². The average molecular weight is 267 g/mol. The van der Waals surface area contributed by atoms with Crippen molar-refractivity contribution in [1.29, 1.82) is 0 Å². The standard InChI is InChI=1S/C14H21NO2S/c1-4-17-13-8-6-5-7-12(13)15-14(16)10-18-9-11(2)3/h5-8,11H,4,9-10H2,1-3H3,(H,15,16). The van der Waals surface area contributed by atoms with E-state index in [9.17, 15) is 4.79 Å². The molecule has 3 nitrogen and oxygen atoms in total. The van der Waals surface area contributed by atoms with Gasteiger partial charge >= 0.3 is 0 Å². The van der Waals surface area contributed by atoms with Gasteiger partial charge in [0.05, 0.1) is 18.0 Å². The second-order valence-electron chi connectivity index (χ2n) is 4.39. The molecule has 100 valence electrons. The summed E-state index contributed by atoms with van der Waals surface area (Å²) >= 11 is 1.66. The number of carbonyl (C=O) groups is 1. The average Bonchev–Trinajstić information content (AvgIpc) is 2.31. The molecular formula is C14H21NO2S. The number of benzene rings is 1. The van der Waals surface area contributed by atoms with Crippen molar-refractivity contribution in [2.24, 2.45) is 5.92 Å². The summed E-state index contributed by atoms with van der Waals surface area (Å²) < 4.78 is 5.46. The van der Waals surface area contributed by atoms with Crippen molar-refractivity contribution in [2.45, 2.75) is 20.8 Å². The van der Waals surface area contributed by atoms with Gasteiger partial charge in [-0.3, -0.25) is 4.79 Å². The van der Waals surface area contributed by atoms with Gasteiger partial charge < -0.3 is 10.1 Å². The highest BCUT2D eigenvalue weighted by Crippen LogP contribution is 2.23. The number of anilines is 1. The lowest BCUT2D eigenvalue weighted by Gasteiger charge is -2.11. The summed E-state index contributed by atoms with van der Waals surface area (Å²) in [5, 5.41) is 2.88. The SMILES string of the molecule is CCOc1ccccc1NC(=O)CSCC(C)C. The van der Waals surface area contributed by atoms with E-state index in [1.165, 1.54) is 0 Å². The molecule has 0 radical (unpaired) electrons. The molecule has 0 saturated heterocycles. The van der Waals surface area contributed by atoms with E-state index in [0.29, 0.717) is 18.3 Å². The van der Waals surface area contributed by atoms with E-state index in [4.69, 9.17) is 4.74 Å². The van der Waals surface area contributed by atoms with Crippen molar-refractivity contribution in [1.82, 2.24) is 0 Å². The van der Waals surface area contributed by atoms with Crippen LogP contribution in [0.25, 0.3) is 0 Å². The van der Waals surface area contributed by atoms with Crippen LogP contribution in [0.1, 0.15) is 20.8 Å².